The second-order valence-electron chi connectivity index (χ2n) is 4.56. The van der Waals surface area contributed by atoms with Crippen LogP contribution >= 0.6 is 0 Å². The van der Waals surface area contributed by atoms with Crippen molar-refractivity contribution in [3.63, 3.8) is 0 Å². The predicted octanol–water partition coefficient (Wildman–Crippen LogP) is 0.386. The first-order valence-corrected chi connectivity index (χ1v) is 7.82. The normalized spacial score (nSPS) is 23.1. The number of nitrogens with two attached hydrogens (primary N) is 1. The van der Waals surface area contributed by atoms with Gasteiger partial charge in [-0.3, -0.25) is 4.98 Å². The zero-order valence-electron chi connectivity index (χ0n) is 10.9. The van der Waals surface area contributed by atoms with E-state index in [1.54, 1.807) is 6.07 Å². The zero-order chi connectivity index (χ0) is 13.9. The van der Waals surface area contributed by atoms with Crippen molar-refractivity contribution in [3.05, 3.63) is 24.0 Å². The fraction of sp³-hybridized carbons (Fsp3) is 0.583. The van der Waals surface area contributed by atoms with E-state index in [2.05, 4.69) is 9.71 Å². The molecule has 0 bridgehead atoms. The van der Waals surface area contributed by atoms with Gasteiger partial charge in [0.15, 0.2) is 0 Å². The number of rotatable bonds is 6. The van der Waals surface area contributed by atoms with E-state index < -0.39 is 10.0 Å². The average molecular weight is 285 g/mol. The molecule has 1 aliphatic carbocycles. The second-order valence-corrected chi connectivity index (χ2v) is 6.27. The summed E-state index contributed by atoms with van der Waals surface area (Å²) in [5.41, 5.74) is 6.09. The quantitative estimate of drug-likeness (QED) is 0.788. The molecule has 1 heterocycles. The summed E-state index contributed by atoms with van der Waals surface area (Å²) >= 11 is 0. The molecule has 19 heavy (non-hydrogen) atoms. The maximum absolute atomic E-state index is 12.1. The van der Waals surface area contributed by atoms with Crippen molar-refractivity contribution < 1.29 is 13.2 Å². The van der Waals surface area contributed by atoms with Crippen LogP contribution in [0.3, 0.4) is 0 Å². The number of pyridine rings is 1. The van der Waals surface area contributed by atoms with Crippen molar-refractivity contribution in [2.24, 2.45) is 5.73 Å². The van der Waals surface area contributed by atoms with Gasteiger partial charge in [-0.15, -0.1) is 0 Å². The summed E-state index contributed by atoms with van der Waals surface area (Å²) in [6, 6.07) is 3.10. The Morgan fingerprint density at radius 1 is 1.47 bits per heavy atom. The third-order valence-electron chi connectivity index (χ3n) is 3.14. The molecule has 2 rings (SSSR count). The Morgan fingerprint density at radius 3 is 2.74 bits per heavy atom. The van der Waals surface area contributed by atoms with Crippen LogP contribution in [0.25, 0.3) is 0 Å². The maximum atomic E-state index is 12.1. The fourth-order valence-electron chi connectivity index (χ4n) is 2.01. The van der Waals surface area contributed by atoms with Gasteiger partial charge in [0.05, 0.1) is 11.8 Å². The summed E-state index contributed by atoms with van der Waals surface area (Å²) in [6.07, 6.45) is 2.96. The molecular formula is C12H19N3O3S. The maximum Gasteiger partial charge on any atom is 0.242 e. The van der Waals surface area contributed by atoms with Gasteiger partial charge in [0, 0.05) is 25.4 Å². The molecule has 1 fully saturated rings. The molecule has 0 amide bonds. The summed E-state index contributed by atoms with van der Waals surface area (Å²) < 4.78 is 32.2. The van der Waals surface area contributed by atoms with E-state index >= 15 is 0 Å². The van der Waals surface area contributed by atoms with Crippen LogP contribution in [0.5, 0.6) is 0 Å². The highest BCUT2D eigenvalue weighted by molar-refractivity contribution is 7.89. The molecule has 1 aliphatic rings. The van der Waals surface area contributed by atoms with Crippen LogP contribution in [0.1, 0.15) is 25.5 Å². The molecule has 0 unspecified atom stereocenters. The van der Waals surface area contributed by atoms with Crippen LogP contribution in [0.15, 0.2) is 23.2 Å². The molecule has 7 heteroatoms. The lowest BCUT2D eigenvalue weighted by Gasteiger charge is -2.34. The second kappa shape index (κ2) is 5.96. The molecule has 1 aromatic heterocycles. The van der Waals surface area contributed by atoms with Crippen LogP contribution in [-0.4, -0.2) is 32.2 Å². The van der Waals surface area contributed by atoms with E-state index in [-0.39, 0.29) is 17.0 Å². The van der Waals surface area contributed by atoms with Gasteiger partial charge in [0.1, 0.15) is 4.90 Å². The van der Waals surface area contributed by atoms with Gasteiger partial charge < -0.3 is 10.5 Å². The Bertz CT molecular complexity index is 510. The fourth-order valence-corrected chi connectivity index (χ4v) is 3.22. The smallest absolute Gasteiger partial charge is 0.242 e. The number of nitrogens with one attached hydrogen (secondary N) is 1. The number of sulfonamides is 1. The number of nitrogens with zero attached hydrogens (tertiary/aromatic N) is 1. The lowest BCUT2D eigenvalue weighted by molar-refractivity contribution is -0.00475. The monoisotopic (exact) mass is 285 g/mol. The van der Waals surface area contributed by atoms with Crippen molar-refractivity contribution in [3.8, 4) is 0 Å². The van der Waals surface area contributed by atoms with E-state index in [0.717, 1.165) is 12.8 Å². The Morgan fingerprint density at radius 2 is 2.21 bits per heavy atom. The summed E-state index contributed by atoms with van der Waals surface area (Å²) in [5, 5.41) is 0. The van der Waals surface area contributed by atoms with E-state index in [9.17, 15) is 8.42 Å². The SMILES string of the molecule is CCOC1CC(NS(=O)(=O)c2ccc(CN)nc2)C1. The highest BCUT2D eigenvalue weighted by Crippen LogP contribution is 2.24. The molecule has 0 aromatic carbocycles. The first-order valence-electron chi connectivity index (χ1n) is 6.34. The Kier molecular flexibility index (Phi) is 4.51. The van der Waals surface area contributed by atoms with Gasteiger partial charge in [-0.2, -0.15) is 0 Å². The summed E-state index contributed by atoms with van der Waals surface area (Å²) in [4.78, 5) is 4.16. The Hall–Kier alpha value is -1.02. The highest BCUT2D eigenvalue weighted by Gasteiger charge is 2.33. The van der Waals surface area contributed by atoms with Crippen molar-refractivity contribution in [1.29, 1.82) is 0 Å². The van der Waals surface area contributed by atoms with Crippen molar-refractivity contribution in [2.45, 2.75) is 43.4 Å². The molecule has 1 aromatic rings. The molecule has 0 spiro atoms. The van der Waals surface area contributed by atoms with Crippen LogP contribution in [0, 0.1) is 0 Å². The molecule has 106 valence electrons. The largest absolute Gasteiger partial charge is 0.378 e. The first kappa shape index (κ1) is 14.4. The van der Waals surface area contributed by atoms with Gasteiger partial charge in [-0.1, -0.05) is 0 Å². The van der Waals surface area contributed by atoms with Crippen molar-refractivity contribution >= 4 is 10.0 Å². The van der Waals surface area contributed by atoms with E-state index in [0.29, 0.717) is 18.8 Å². The predicted molar refractivity (Wildman–Crippen MR) is 70.9 cm³/mol. The van der Waals surface area contributed by atoms with Gasteiger partial charge in [0.25, 0.3) is 0 Å². The minimum Gasteiger partial charge on any atom is -0.378 e. The zero-order valence-corrected chi connectivity index (χ0v) is 11.7. The molecule has 0 aliphatic heterocycles. The number of aromatic nitrogens is 1. The van der Waals surface area contributed by atoms with Crippen LogP contribution < -0.4 is 10.5 Å². The van der Waals surface area contributed by atoms with Crippen molar-refractivity contribution in [1.82, 2.24) is 9.71 Å². The standard InChI is InChI=1S/C12H19N3O3S/c1-2-18-11-5-10(6-11)15-19(16,17)12-4-3-9(7-13)14-8-12/h3-4,8,10-11,15H,2,5-7,13H2,1H3. The summed E-state index contributed by atoms with van der Waals surface area (Å²) in [7, 11) is -3.49. The third kappa shape index (κ3) is 3.50. The molecular weight excluding hydrogens is 266 g/mol. The van der Waals surface area contributed by atoms with Crippen molar-refractivity contribution in [2.75, 3.05) is 6.61 Å². The van der Waals surface area contributed by atoms with Gasteiger partial charge in [0.2, 0.25) is 10.0 Å². The minimum atomic E-state index is -3.49. The van der Waals surface area contributed by atoms with Gasteiger partial charge in [-0.05, 0) is 31.9 Å². The third-order valence-corrected chi connectivity index (χ3v) is 4.64. The number of hydrogen-bond acceptors (Lipinski definition) is 5. The first-order chi connectivity index (χ1) is 9.05. The lowest BCUT2D eigenvalue weighted by Crippen LogP contribution is -2.47. The van der Waals surface area contributed by atoms with Crippen LogP contribution in [-0.2, 0) is 21.3 Å². The van der Waals surface area contributed by atoms with E-state index in [1.165, 1.54) is 12.3 Å². The minimum absolute atomic E-state index is 0.0456. The molecule has 3 N–H and O–H groups in total. The molecule has 1 saturated carbocycles. The lowest BCUT2D eigenvalue weighted by atomic mass is 9.90. The summed E-state index contributed by atoms with van der Waals surface area (Å²) in [5.74, 6) is 0. The Balaban J connectivity index is 1.95. The molecule has 0 saturated heterocycles. The van der Waals surface area contributed by atoms with Crippen LogP contribution in [0.4, 0.5) is 0 Å². The highest BCUT2D eigenvalue weighted by atomic mass is 32.2. The Labute approximate surface area is 113 Å². The molecule has 0 atom stereocenters. The van der Waals surface area contributed by atoms with Crippen LogP contribution in [0.2, 0.25) is 0 Å². The molecule has 6 nitrogen and oxygen atoms in total. The van der Waals surface area contributed by atoms with E-state index in [4.69, 9.17) is 10.5 Å². The van der Waals surface area contributed by atoms with E-state index in [1.807, 2.05) is 6.92 Å². The van der Waals surface area contributed by atoms with Gasteiger partial charge in [-0.25, -0.2) is 13.1 Å². The average Bonchev–Trinajstić information content (AvgIpc) is 2.36. The summed E-state index contributed by atoms with van der Waals surface area (Å²) in [6.45, 7) is 2.89. The topological polar surface area (TPSA) is 94.3 Å². The number of hydrogen-bond donors (Lipinski definition) is 2. The van der Waals surface area contributed by atoms with Gasteiger partial charge >= 0.3 is 0 Å². The number of ether oxygens (including phenoxy) is 1. The molecule has 0 radical (unpaired) electrons.